The number of nitrogens with zero attached hydrogens (tertiary/aromatic N) is 2. The Bertz CT molecular complexity index is 313. The largest absolute Gasteiger partial charge is 0.388 e. The molecule has 0 unspecified atom stereocenters. The van der Waals surface area contributed by atoms with Gasteiger partial charge in [0.15, 0.2) is 0 Å². The molecule has 1 aromatic rings. The number of hydrogen-bond donors (Lipinski definition) is 1. The van der Waals surface area contributed by atoms with Gasteiger partial charge >= 0.3 is 0 Å². The van der Waals surface area contributed by atoms with Gasteiger partial charge in [0.1, 0.15) is 5.82 Å². The molecule has 2 rings (SSSR count). The molecule has 1 saturated carbocycles. The van der Waals surface area contributed by atoms with Gasteiger partial charge in [0, 0.05) is 18.3 Å². The maximum absolute atomic E-state index is 10.0. The van der Waals surface area contributed by atoms with Crippen LogP contribution in [0.5, 0.6) is 0 Å². The minimum absolute atomic E-state index is 0.425. The molecule has 1 fully saturated rings. The molecule has 1 aliphatic carbocycles. The molecule has 0 saturated heterocycles. The van der Waals surface area contributed by atoms with Gasteiger partial charge in [-0.3, -0.25) is 0 Å². The van der Waals surface area contributed by atoms with Gasteiger partial charge in [-0.05, 0) is 19.3 Å². The third-order valence-electron chi connectivity index (χ3n) is 3.01. The summed E-state index contributed by atoms with van der Waals surface area (Å²) in [6.07, 6.45) is 6.80. The summed E-state index contributed by atoms with van der Waals surface area (Å²) >= 11 is 0. The van der Waals surface area contributed by atoms with Crippen LogP contribution in [0.2, 0.25) is 0 Å². The van der Waals surface area contributed by atoms with Crippen LogP contribution in [0.4, 0.5) is 0 Å². The number of aromatic nitrogens is 2. The maximum atomic E-state index is 10.0. The lowest BCUT2D eigenvalue weighted by Crippen LogP contribution is -2.41. The quantitative estimate of drug-likeness (QED) is 0.798. The van der Waals surface area contributed by atoms with Gasteiger partial charge < -0.3 is 9.67 Å². The lowest BCUT2D eigenvalue weighted by atomic mass is 9.80. The van der Waals surface area contributed by atoms with Crippen molar-refractivity contribution in [1.29, 1.82) is 0 Å². The minimum atomic E-state index is -0.454. The highest BCUT2D eigenvalue weighted by Crippen LogP contribution is 2.33. The zero-order valence-electron chi connectivity index (χ0n) is 8.90. The topological polar surface area (TPSA) is 38.0 Å². The third-order valence-corrected chi connectivity index (χ3v) is 3.01. The lowest BCUT2D eigenvalue weighted by Gasteiger charge is -2.37. The second kappa shape index (κ2) is 3.39. The van der Waals surface area contributed by atoms with E-state index in [9.17, 15) is 5.11 Å². The Hall–Kier alpha value is -0.830. The van der Waals surface area contributed by atoms with Crippen molar-refractivity contribution in [3.63, 3.8) is 0 Å². The Labute approximate surface area is 84.8 Å². The molecule has 0 atom stereocenters. The number of aliphatic hydroxyl groups is 1. The fourth-order valence-corrected chi connectivity index (χ4v) is 2.02. The Kier molecular flexibility index (Phi) is 2.35. The summed E-state index contributed by atoms with van der Waals surface area (Å²) in [6.45, 7) is 4.97. The van der Waals surface area contributed by atoms with Crippen molar-refractivity contribution in [2.45, 2.75) is 51.2 Å². The monoisotopic (exact) mass is 194 g/mol. The molecule has 1 N–H and O–H groups in total. The Morgan fingerprint density at radius 3 is 2.79 bits per heavy atom. The van der Waals surface area contributed by atoms with E-state index in [0.717, 1.165) is 25.1 Å². The van der Waals surface area contributed by atoms with Crippen LogP contribution in [0.25, 0.3) is 0 Å². The highest BCUT2D eigenvalue weighted by Gasteiger charge is 2.35. The van der Waals surface area contributed by atoms with Crippen LogP contribution in [0.15, 0.2) is 12.4 Å². The van der Waals surface area contributed by atoms with Crippen LogP contribution in [-0.4, -0.2) is 20.3 Å². The van der Waals surface area contributed by atoms with E-state index in [1.807, 2.05) is 12.4 Å². The van der Waals surface area contributed by atoms with Gasteiger partial charge in [0.2, 0.25) is 0 Å². The summed E-state index contributed by atoms with van der Waals surface area (Å²) in [6, 6.07) is 0. The fraction of sp³-hybridized carbons (Fsp3) is 0.727. The van der Waals surface area contributed by atoms with Gasteiger partial charge in [-0.15, -0.1) is 0 Å². The minimum Gasteiger partial charge on any atom is -0.388 e. The maximum Gasteiger partial charge on any atom is 0.111 e. The zero-order valence-corrected chi connectivity index (χ0v) is 8.90. The van der Waals surface area contributed by atoms with Crippen LogP contribution in [0.1, 0.15) is 44.9 Å². The van der Waals surface area contributed by atoms with E-state index in [4.69, 9.17) is 0 Å². The first-order valence-corrected chi connectivity index (χ1v) is 5.34. The second-order valence-corrected chi connectivity index (χ2v) is 4.65. The normalized spacial score (nSPS) is 19.7. The molecular weight excluding hydrogens is 176 g/mol. The van der Waals surface area contributed by atoms with Crippen molar-refractivity contribution >= 4 is 0 Å². The molecule has 0 spiro atoms. The van der Waals surface area contributed by atoms with E-state index >= 15 is 0 Å². The third kappa shape index (κ3) is 1.69. The molecule has 1 aromatic heterocycles. The van der Waals surface area contributed by atoms with Crippen LogP contribution in [-0.2, 0) is 6.54 Å². The Morgan fingerprint density at radius 1 is 1.57 bits per heavy atom. The van der Waals surface area contributed by atoms with Gasteiger partial charge in [0.25, 0.3) is 0 Å². The Balaban J connectivity index is 2.12. The summed E-state index contributed by atoms with van der Waals surface area (Å²) in [7, 11) is 0. The van der Waals surface area contributed by atoms with Gasteiger partial charge in [-0.1, -0.05) is 13.8 Å². The molecule has 78 valence electrons. The van der Waals surface area contributed by atoms with Crippen molar-refractivity contribution in [2.75, 3.05) is 0 Å². The van der Waals surface area contributed by atoms with E-state index in [1.54, 1.807) is 0 Å². The summed E-state index contributed by atoms with van der Waals surface area (Å²) in [4.78, 5) is 4.31. The smallest absolute Gasteiger partial charge is 0.111 e. The average Bonchev–Trinajstić information content (AvgIpc) is 2.49. The van der Waals surface area contributed by atoms with Crippen molar-refractivity contribution in [2.24, 2.45) is 0 Å². The van der Waals surface area contributed by atoms with Crippen molar-refractivity contribution in [3.8, 4) is 0 Å². The molecule has 3 nitrogen and oxygen atoms in total. The van der Waals surface area contributed by atoms with Gasteiger partial charge in [-0.2, -0.15) is 0 Å². The second-order valence-electron chi connectivity index (χ2n) is 4.65. The van der Waals surface area contributed by atoms with Crippen molar-refractivity contribution in [1.82, 2.24) is 9.55 Å². The number of hydrogen-bond acceptors (Lipinski definition) is 2. The first-order chi connectivity index (χ1) is 6.61. The molecule has 1 aliphatic rings. The highest BCUT2D eigenvalue weighted by molar-refractivity contribution is 5.00. The zero-order chi connectivity index (χ0) is 10.2. The lowest BCUT2D eigenvalue weighted by molar-refractivity contribution is -0.0479. The van der Waals surface area contributed by atoms with Gasteiger partial charge in [0.05, 0.1) is 12.1 Å². The molecular formula is C11H18N2O. The first-order valence-electron chi connectivity index (χ1n) is 5.34. The molecule has 3 heteroatoms. The number of rotatable bonds is 3. The molecule has 14 heavy (non-hydrogen) atoms. The predicted octanol–water partition coefficient (Wildman–Crippen LogP) is 1.92. The van der Waals surface area contributed by atoms with Crippen LogP contribution < -0.4 is 0 Å². The summed E-state index contributed by atoms with van der Waals surface area (Å²) in [5, 5.41) is 10.0. The molecule has 0 bridgehead atoms. The molecule has 0 radical (unpaired) electrons. The van der Waals surface area contributed by atoms with Crippen molar-refractivity contribution in [3.05, 3.63) is 18.2 Å². The Morgan fingerprint density at radius 2 is 2.29 bits per heavy atom. The van der Waals surface area contributed by atoms with Crippen LogP contribution in [0.3, 0.4) is 0 Å². The molecule has 1 heterocycles. The average molecular weight is 194 g/mol. The van der Waals surface area contributed by atoms with E-state index in [2.05, 4.69) is 23.4 Å². The molecule has 0 aliphatic heterocycles. The molecule has 0 amide bonds. The van der Waals surface area contributed by atoms with E-state index < -0.39 is 5.60 Å². The van der Waals surface area contributed by atoms with Crippen molar-refractivity contribution < 1.29 is 5.11 Å². The highest BCUT2D eigenvalue weighted by atomic mass is 16.3. The summed E-state index contributed by atoms with van der Waals surface area (Å²) in [5.41, 5.74) is -0.454. The van der Waals surface area contributed by atoms with Gasteiger partial charge in [-0.25, -0.2) is 4.98 Å². The number of imidazole rings is 1. The first kappa shape index (κ1) is 9.71. The van der Waals surface area contributed by atoms with E-state index in [1.165, 1.54) is 0 Å². The molecule has 0 aromatic carbocycles. The SMILES string of the molecule is CC(C)c1nccn1CC1(O)CCC1. The van der Waals surface area contributed by atoms with Crippen LogP contribution >= 0.6 is 0 Å². The summed E-state index contributed by atoms with van der Waals surface area (Å²) < 4.78 is 2.09. The van der Waals surface area contributed by atoms with E-state index in [0.29, 0.717) is 12.5 Å². The standard InChI is InChI=1S/C11H18N2O/c1-9(2)10-12-6-7-13(10)8-11(14)4-3-5-11/h6-7,9,14H,3-5,8H2,1-2H3. The van der Waals surface area contributed by atoms with Crippen LogP contribution in [0, 0.1) is 0 Å². The van der Waals surface area contributed by atoms with E-state index in [-0.39, 0.29) is 0 Å². The summed E-state index contributed by atoms with van der Waals surface area (Å²) in [5.74, 6) is 1.50. The predicted molar refractivity (Wildman–Crippen MR) is 55.1 cm³/mol. The fourth-order valence-electron chi connectivity index (χ4n) is 2.02.